The molecular formula is C18H10BrClF3N3O3. The lowest BCUT2D eigenvalue weighted by Crippen LogP contribution is -2.12. The molecule has 1 aromatic carbocycles. The number of carbonyl (C=O) groups is 1. The van der Waals surface area contributed by atoms with Crippen LogP contribution >= 0.6 is 27.5 Å². The number of pyridine rings is 1. The van der Waals surface area contributed by atoms with E-state index >= 15 is 0 Å². The van der Waals surface area contributed by atoms with Crippen molar-refractivity contribution in [2.45, 2.75) is 5.33 Å². The summed E-state index contributed by atoms with van der Waals surface area (Å²) >= 11 is 9.33. The third-order valence-corrected chi connectivity index (χ3v) is 4.46. The van der Waals surface area contributed by atoms with Gasteiger partial charge in [0.15, 0.2) is 17.4 Å². The summed E-state index contributed by atoms with van der Waals surface area (Å²) in [5.74, 6) is -2.82. The molecular weight excluding hydrogens is 479 g/mol. The molecule has 0 amide bonds. The van der Waals surface area contributed by atoms with Gasteiger partial charge in [-0.05, 0) is 18.2 Å². The van der Waals surface area contributed by atoms with Gasteiger partial charge in [-0.2, -0.15) is 0 Å². The van der Waals surface area contributed by atoms with Crippen LogP contribution in [0.2, 0.25) is 5.02 Å². The van der Waals surface area contributed by atoms with Crippen molar-refractivity contribution in [3.8, 4) is 28.5 Å². The molecule has 3 aromatic rings. The lowest BCUT2D eigenvalue weighted by Gasteiger charge is -2.15. The number of hydrogen-bond acceptors (Lipinski definition) is 6. The first kappa shape index (κ1) is 21.0. The smallest absolute Gasteiger partial charge is 0.437 e. The van der Waals surface area contributed by atoms with Crippen LogP contribution in [0.15, 0.2) is 30.5 Å². The average molecular weight is 489 g/mol. The van der Waals surface area contributed by atoms with E-state index in [1.54, 1.807) is 0 Å². The highest BCUT2D eigenvalue weighted by Crippen LogP contribution is 2.38. The topological polar surface area (TPSA) is 74.2 Å². The van der Waals surface area contributed by atoms with Gasteiger partial charge in [0, 0.05) is 17.0 Å². The molecule has 0 aliphatic heterocycles. The van der Waals surface area contributed by atoms with Gasteiger partial charge in [0.2, 0.25) is 0 Å². The SMILES string of the molecule is COC(=O)Oc1c(CBr)nc(-c2ncc(F)cc2F)nc1-c1ccc(F)cc1Cl. The fraction of sp³-hybridized carbons (Fsp3) is 0.111. The largest absolute Gasteiger partial charge is 0.513 e. The van der Waals surface area contributed by atoms with Gasteiger partial charge in [-0.1, -0.05) is 27.5 Å². The standard InChI is InChI=1S/C18H10BrClF3N3O3/c1-28-18(27)29-16-13(6-19)25-17(15-12(23)5-9(22)7-24-15)26-14(16)10-3-2-8(21)4-11(10)20/h2-5,7H,6H2,1H3. The number of ether oxygens (including phenoxy) is 2. The highest BCUT2D eigenvalue weighted by atomic mass is 79.9. The normalized spacial score (nSPS) is 10.7. The minimum atomic E-state index is -1.06. The van der Waals surface area contributed by atoms with Crippen molar-refractivity contribution in [3.05, 3.63) is 58.6 Å². The first-order valence-corrected chi connectivity index (χ1v) is 9.33. The number of carbonyl (C=O) groups excluding carboxylic acids is 1. The van der Waals surface area contributed by atoms with E-state index in [0.717, 1.165) is 25.4 Å². The zero-order valence-corrected chi connectivity index (χ0v) is 16.9. The Morgan fingerprint density at radius 3 is 2.52 bits per heavy atom. The predicted molar refractivity (Wildman–Crippen MR) is 101 cm³/mol. The number of rotatable bonds is 4. The Hall–Kier alpha value is -2.72. The molecule has 2 aromatic heterocycles. The van der Waals surface area contributed by atoms with Crippen molar-refractivity contribution in [1.82, 2.24) is 15.0 Å². The van der Waals surface area contributed by atoms with E-state index in [0.29, 0.717) is 6.07 Å². The van der Waals surface area contributed by atoms with Gasteiger partial charge in [0.05, 0.1) is 24.0 Å². The Morgan fingerprint density at radius 2 is 1.90 bits per heavy atom. The van der Waals surface area contributed by atoms with Gasteiger partial charge in [0.1, 0.15) is 23.0 Å². The van der Waals surface area contributed by atoms with Crippen LogP contribution in [0.5, 0.6) is 5.75 Å². The van der Waals surface area contributed by atoms with Gasteiger partial charge < -0.3 is 9.47 Å². The monoisotopic (exact) mass is 487 g/mol. The van der Waals surface area contributed by atoms with Crippen LogP contribution in [0.3, 0.4) is 0 Å². The molecule has 0 saturated carbocycles. The molecule has 0 aliphatic carbocycles. The summed E-state index contributed by atoms with van der Waals surface area (Å²) in [5, 5.41) is 0.0150. The average Bonchev–Trinajstić information content (AvgIpc) is 2.68. The van der Waals surface area contributed by atoms with Crippen molar-refractivity contribution >= 4 is 33.7 Å². The molecule has 0 unspecified atom stereocenters. The maximum Gasteiger partial charge on any atom is 0.513 e. The zero-order valence-electron chi connectivity index (χ0n) is 14.6. The first-order chi connectivity index (χ1) is 13.8. The van der Waals surface area contributed by atoms with Crippen LogP contribution in [-0.2, 0) is 10.1 Å². The Balaban J connectivity index is 2.30. The Bertz CT molecular complexity index is 1100. The minimum Gasteiger partial charge on any atom is -0.437 e. The van der Waals surface area contributed by atoms with E-state index in [1.165, 1.54) is 6.07 Å². The second-order valence-corrected chi connectivity index (χ2v) is 6.44. The molecule has 6 nitrogen and oxygen atoms in total. The van der Waals surface area contributed by atoms with Gasteiger partial charge in [-0.3, -0.25) is 0 Å². The van der Waals surface area contributed by atoms with E-state index < -0.39 is 23.6 Å². The summed E-state index contributed by atoms with van der Waals surface area (Å²) in [6.07, 6.45) is -0.256. The minimum absolute atomic E-state index is 0.0367. The van der Waals surface area contributed by atoms with Gasteiger partial charge in [-0.25, -0.2) is 32.9 Å². The lowest BCUT2D eigenvalue weighted by atomic mass is 10.1. The second-order valence-electron chi connectivity index (χ2n) is 5.47. The lowest BCUT2D eigenvalue weighted by molar-refractivity contribution is 0.121. The molecule has 0 bridgehead atoms. The molecule has 0 atom stereocenters. The van der Waals surface area contributed by atoms with E-state index in [1.807, 2.05) is 0 Å². The molecule has 0 N–H and O–H groups in total. The number of hydrogen-bond donors (Lipinski definition) is 0. The first-order valence-electron chi connectivity index (χ1n) is 7.83. The molecule has 0 fully saturated rings. The van der Waals surface area contributed by atoms with E-state index in [-0.39, 0.29) is 44.6 Å². The van der Waals surface area contributed by atoms with Crippen LogP contribution in [-0.4, -0.2) is 28.2 Å². The summed E-state index contributed by atoms with van der Waals surface area (Å²) in [7, 11) is 1.10. The number of benzene rings is 1. The third kappa shape index (κ3) is 4.48. The molecule has 3 rings (SSSR count). The quantitative estimate of drug-likeness (QED) is 0.366. The van der Waals surface area contributed by atoms with Gasteiger partial charge in [-0.15, -0.1) is 0 Å². The van der Waals surface area contributed by atoms with Crippen molar-refractivity contribution in [2.75, 3.05) is 7.11 Å². The van der Waals surface area contributed by atoms with Crippen LogP contribution in [0, 0.1) is 17.5 Å². The molecule has 29 heavy (non-hydrogen) atoms. The van der Waals surface area contributed by atoms with Crippen LogP contribution in [0.25, 0.3) is 22.8 Å². The highest BCUT2D eigenvalue weighted by molar-refractivity contribution is 9.08. The fourth-order valence-electron chi connectivity index (χ4n) is 2.37. The van der Waals surface area contributed by atoms with Crippen molar-refractivity contribution in [1.29, 1.82) is 0 Å². The fourth-order valence-corrected chi connectivity index (χ4v) is 3.01. The van der Waals surface area contributed by atoms with Crippen molar-refractivity contribution in [2.24, 2.45) is 0 Å². The number of methoxy groups -OCH3 is 1. The maximum absolute atomic E-state index is 14.2. The number of halogens is 5. The number of nitrogens with zero attached hydrogens (tertiary/aromatic N) is 3. The number of aromatic nitrogens is 3. The highest BCUT2D eigenvalue weighted by Gasteiger charge is 2.24. The zero-order chi connectivity index (χ0) is 21.1. The third-order valence-electron chi connectivity index (χ3n) is 3.62. The Kier molecular flexibility index (Phi) is 6.33. The summed E-state index contributed by atoms with van der Waals surface area (Å²) < 4.78 is 50.6. The summed E-state index contributed by atoms with van der Waals surface area (Å²) in [5.41, 5.74) is -0.0651. The Morgan fingerprint density at radius 1 is 1.14 bits per heavy atom. The summed E-state index contributed by atoms with van der Waals surface area (Å²) in [6, 6.07) is 4.09. The maximum atomic E-state index is 14.2. The molecule has 0 aliphatic rings. The molecule has 2 heterocycles. The molecule has 0 saturated heterocycles. The molecule has 11 heteroatoms. The Labute approximate surface area is 175 Å². The summed E-state index contributed by atoms with van der Waals surface area (Å²) in [4.78, 5) is 23.7. The van der Waals surface area contributed by atoms with E-state index in [9.17, 15) is 18.0 Å². The summed E-state index contributed by atoms with van der Waals surface area (Å²) in [6.45, 7) is 0. The van der Waals surface area contributed by atoms with Gasteiger partial charge in [0.25, 0.3) is 0 Å². The molecule has 0 spiro atoms. The number of alkyl halides is 1. The van der Waals surface area contributed by atoms with Crippen LogP contribution in [0.4, 0.5) is 18.0 Å². The second kappa shape index (κ2) is 8.75. The molecule has 0 radical (unpaired) electrons. The van der Waals surface area contributed by atoms with Crippen LogP contribution in [0.1, 0.15) is 5.69 Å². The van der Waals surface area contributed by atoms with Crippen LogP contribution < -0.4 is 4.74 Å². The van der Waals surface area contributed by atoms with E-state index in [4.69, 9.17) is 16.3 Å². The van der Waals surface area contributed by atoms with Crippen molar-refractivity contribution in [3.63, 3.8) is 0 Å². The molecule has 150 valence electrons. The predicted octanol–water partition coefficient (Wildman–Crippen LogP) is 5.32. The van der Waals surface area contributed by atoms with E-state index in [2.05, 4.69) is 35.6 Å². The van der Waals surface area contributed by atoms with Gasteiger partial charge >= 0.3 is 6.16 Å². The van der Waals surface area contributed by atoms with Crippen molar-refractivity contribution < 1.29 is 27.4 Å².